The highest BCUT2D eigenvalue weighted by atomic mass is 32.2. The van der Waals surface area contributed by atoms with Gasteiger partial charge in [-0.3, -0.25) is 19.2 Å². The lowest BCUT2D eigenvalue weighted by Crippen LogP contribution is -2.54. The van der Waals surface area contributed by atoms with E-state index in [1.165, 1.54) is 16.7 Å². The van der Waals surface area contributed by atoms with Crippen molar-refractivity contribution in [3.63, 3.8) is 0 Å². The third-order valence-electron chi connectivity index (χ3n) is 4.25. The Morgan fingerprint density at radius 3 is 2.54 bits per heavy atom. The Labute approximate surface area is 166 Å². The van der Waals surface area contributed by atoms with Gasteiger partial charge in [0.05, 0.1) is 19.0 Å². The summed E-state index contributed by atoms with van der Waals surface area (Å²) in [5, 5.41) is 14.1. The van der Waals surface area contributed by atoms with Crippen LogP contribution in [0.2, 0.25) is 0 Å². The highest BCUT2D eigenvalue weighted by Gasteiger charge is 2.37. The highest BCUT2D eigenvalue weighted by Crippen LogP contribution is 2.19. The van der Waals surface area contributed by atoms with Crippen molar-refractivity contribution in [1.29, 1.82) is 0 Å². The molecule has 0 aromatic rings. The average molecular weight is 417 g/mol. The van der Waals surface area contributed by atoms with E-state index in [-0.39, 0.29) is 6.42 Å². The molecule has 1 saturated heterocycles. The highest BCUT2D eigenvalue weighted by molar-refractivity contribution is 7.98. The predicted octanol–water partition coefficient (Wildman–Crippen LogP) is -2.38. The SMILES string of the molecule is CSCCC(NC(=O)CNC(=O)C(N)CC(N)=O)C(=O)N1CCCC1C(=O)O. The Balaban J connectivity index is 2.66. The average Bonchev–Trinajstić information content (AvgIpc) is 3.11. The molecular weight excluding hydrogens is 390 g/mol. The van der Waals surface area contributed by atoms with E-state index in [0.29, 0.717) is 31.6 Å². The molecule has 0 aliphatic carbocycles. The zero-order chi connectivity index (χ0) is 21.3. The van der Waals surface area contributed by atoms with E-state index < -0.39 is 54.3 Å². The lowest BCUT2D eigenvalue weighted by molar-refractivity contribution is -0.149. The second kappa shape index (κ2) is 11.5. The van der Waals surface area contributed by atoms with Gasteiger partial charge in [0.15, 0.2) is 0 Å². The minimum absolute atomic E-state index is 0.320. The Morgan fingerprint density at radius 1 is 1.29 bits per heavy atom. The van der Waals surface area contributed by atoms with Crippen LogP contribution in [-0.2, 0) is 24.0 Å². The first-order valence-corrected chi connectivity index (χ1v) is 10.2. The molecule has 0 radical (unpaired) electrons. The fraction of sp³-hybridized carbons (Fsp3) is 0.688. The Bertz CT molecular complexity index is 616. The molecule has 1 heterocycles. The molecule has 3 unspecified atom stereocenters. The van der Waals surface area contributed by atoms with Crippen molar-refractivity contribution in [3.05, 3.63) is 0 Å². The van der Waals surface area contributed by atoms with Crippen molar-refractivity contribution in [3.8, 4) is 0 Å². The lowest BCUT2D eigenvalue weighted by Gasteiger charge is -2.27. The van der Waals surface area contributed by atoms with Gasteiger partial charge >= 0.3 is 5.97 Å². The van der Waals surface area contributed by atoms with Crippen LogP contribution in [0.3, 0.4) is 0 Å². The molecule has 158 valence electrons. The molecule has 7 N–H and O–H groups in total. The number of carbonyl (C=O) groups excluding carboxylic acids is 4. The molecule has 11 nitrogen and oxygen atoms in total. The fourth-order valence-corrected chi connectivity index (χ4v) is 3.31. The Hall–Kier alpha value is -2.34. The normalized spacial score (nSPS) is 18.2. The lowest BCUT2D eigenvalue weighted by atomic mass is 10.1. The topological polar surface area (TPSA) is 185 Å². The first kappa shape index (κ1) is 23.7. The van der Waals surface area contributed by atoms with Gasteiger partial charge in [0, 0.05) is 6.54 Å². The molecule has 0 aromatic carbocycles. The maximum atomic E-state index is 12.7. The Kier molecular flexibility index (Phi) is 9.73. The first-order chi connectivity index (χ1) is 13.2. The molecule has 0 spiro atoms. The standard InChI is InChI=1S/C16H27N5O6S/c1-28-6-4-10(15(25)21-5-2-3-11(21)16(26)27)20-13(23)8-19-14(24)9(17)7-12(18)22/h9-11H,2-8,17H2,1H3,(H2,18,22)(H,19,24)(H,20,23)(H,26,27). The molecular formula is C16H27N5O6S. The fourth-order valence-electron chi connectivity index (χ4n) is 2.83. The second-order valence-electron chi connectivity index (χ2n) is 6.42. The first-order valence-electron chi connectivity index (χ1n) is 8.80. The van der Waals surface area contributed by atoms with Gasteiger partial charge in [-0.1, -0.05) is 0 Å². The number of nitrogens with one attached hydrogen (secondary N) is 2. The van der Waals surface area contributed by atoms with Crippen LogP contribution in [0.5, 0.6) is 0 Å². The quantitative estimate of drug-likeness (QED) is 0.246. The van der Waals surface area contributed by atoms with E-state index in [1.54, 1.807) is 0 Å². The molecule has 1 rings (SSSR count). The van der Waals surface area contributed by atoms with Crippen LogP contribution in [0, 0.1) is 0 Å². The van der Waals surface area contributed by atoms with Gasteiger partial charge in [-0.05, 0) is 31.3 Å². The van der Waals surface area contributed by atoms with Crippen molar-refractivity contribution in [2.75, 3.05) is 25.1 Å². The largest absolute Gasteiger partial charge is 0.480 e. The minimum Gasteiger partial charge on any atom is -0.480 e. The summed E-state index contributed by atoms with van der Waals surface area (Å²) in [5.41, 5.74) is 10.4. The number of nitrogens with two attached hydrogens (primary N) is 2. The number of carbonyl (C=O) groups is 5. The molecule has 0 bridgehead atoms. The van der Waals surface area contributed by atoms with Crippen LogP contribution in [0.15, 0.2) is 0 Å². The van der Waals surface area contributed by atoms with Crippen LogP contribution < -0.4 is 22.1 Å². The van der Waals surface area contributed by atoms with Gasteiger partial charge in [-0.25, -0.2) is 4.79 Å². The Morgan fingerprint density at radius 2 is 1.96 bits per heavy atom. The summed E-state index contributed by atoms with van der Waals surface area (Å²) in [6.07, 6.45) is 2.77. The minimum atomic E-state index is -1.17. The monoisotopic (exact) mass is 417 g/mol. The smallest absolute Gasteiger partial charge is 0.326 e. The van der Waals surface area contributed by atoms with E-state index in [2.05, 4.69) is 10.6 Å². The molecule has 3 atom stereocenters. The molecule has 1 aliphatic heterocycles. The van der Waals surface area contributed by atoms with Gasteiger partial charge in [0.1, 0.15) is 12.1 Å². The van der Waals surface area contributed by atoms with Gasteiger partial charge in [-0.2, -0.15) is 11.8 Å². The number of hydrogen-bond acceptors (Lipinski definition) is 7. The molecule has 28 heavy (non-hydrogen) atoms. The number of carboxylic acids is 1. The van der Waals surface area contributed by atoms with Crippen molar-refractivity contribution in [1.82, 2.24) is 15.5 Å². The third-order valence-corrected chi connectivity index (χ3v) is 4.89. The predicted molar refractivity (Wildman–Crippen MR) is 102 cm³/mol. The van der Waals surface area contributed by atoms with Crippen LogP contribution >= 0.6 is 11.8 Å². The summed E-state index contributed by atoms with van der Waals surface area (Å²) in [6.45, 7) is -0.114. The van der Waals surface area contributed by atoms with E-state index in [9.17, 15) is 29.1 Å². The number of hydrogen-bond donors (Lipinski definition) is 5. The van der Waals surface area contributed by atoms with Gasteiger partial charge in [0.25, 0.3) is 0 Å². The van der Waals surface area contributed by atoms with Gasteiger partial charge < -0.3 is 32.1 Å². The maximum Gasteiger partial charge on any atom is 0.326 e. The number of likely N-dealkylation sites (tertiary alicyclic amines) is 1. The number of carboxylic acid groups (broad SMARTS) is 1. The number of thioether (sulfide) groups is 1. The summed E-state index contributed by atoms with van der Waals surface area (Å²) in [5.74, 6) is -3.02. The van der Waals surface area contributed by atoms with E-state index in [1.807, 2.05) is 6.26 Å². The van der Waals surface area contributed by atoms with E-state index >= 15 is 0 Å². The summed E-state index contributed by atoms with van der Waals surface area (Å²) in [7, 11) is 0. The number of primary amides is 1. The summed E-state index contributed by atoms with van der Waals surface area (Å²) < 4.78 is 0. The number of amides is 4. The molecule has 0 saturated carbocycles. The molecule has 4 amide bonds. The number of nitrogens with zero attached hydrogens (tertiary/aromatic N) is 1. The number of rotatable bonds is 11. The van der Waals surface area contributed by atoms with Crippen LogP contribution in [0.1, 0.15) is 25.7 Å². The van der Waals surface area contributed by atoms with Crippen molar-refractivity contribution < 1.29 is 29.1 Å². The van der Waals surface area contributed by atoms with Gasteiger partial charge in [-0.15, -0.1) is 0 Å². The molecule has 1 aliphatic rings. The zero-order valence-corrected chi connectivity index (χ0v) is 16.5. The molecule has 0 aromatic heterocycles. The second-order valence-corrected chi connectivity index (χ2v) is 7.41. The van der Waals surface area contributed by atoms with E-state index in [0.717, 1.165) is 0 Å². The summed E-state index contributed by atoms with van der Waals surface area (Å²) in [6, 6.07) is -2.95. The van der Waals surface area contributed by atoms with Crippen molar-refractivity contribution in [2.45, 2.75) is 43.8 Å². The van der Waals surface area contributed by atoms with Crippen LogP contribution in [-0.4, -0.2) is 82.8 Å². The van der Waals surface area contributed by atoms with Crippen molar-refractivity contribution in [2.24, 2.45) is 11.5 Å². The third kappa shape index (κ3) is 7.35. The number of aliphatic carboxylic acids is 1. The van der Waals surface area contributed by atoms with Crippen LogP contribution in [0.25, 0.3) is 0 Å². The van der Waals surface area contributed by atoms with Crippen molar-refractivity contribution >= 4 is 41.4 Å². The molecule has 12 heteroatoms. The summed E-state index contributed by atoms with van der Waals surface area (Å²) >= 11 is 1.48. The van der Waals surface area contributed by atoms with Gasteiger partial charge in [0.2, 0.25) is 23.6 Å². The summed E-state index contributed by atoms with van der Waals surface area (Å²) in [4.78, 5) is 60.0. The van der Waals surface area contributed by atoms with E-state index in [4.69, 9.17) is 11.5 Å². The maximum absolute atomic E-state index is 12.7. The molecule has 1 fully saturated rings. The van der Waals surface area contributed by atoms with Crippen LogP contribution in [0.4, 0.5) is 0 Å². The zero-order valence-electron chi connectivity index (χ0n) is 15.7.